The van der Waals surface area contributed by atoms with Crippen LogP contribution in [0.3, 0.4) is 0 Å². The summed E-state index contributed by atoms with van der Waals surface area (Å²) in [5.74, 6) is 0.509. The molecule has 0 saturated carbocycles. The van der Waals surface area contributed by atoms with Crippen molar-refractivity contribution in [3.8, 4) is 5.75 Å². The van der Waals surface area contributed by atoms with E-state index < -0.39 is 14.4 Å². The Kier molecular flexibility index (Phi) is 6.83. The Morgan fingerprint density at radius 3 is 2.96 bits per heavy atom. The molecule has 12 heteroatoms. The predicted molar refractivity (Wildman–Crippen MR) is 96.3 cm³/mol. The molecule has 2 aromatic rings. The van der Waals surface area contributed by atoms with Gasteiger partial charge < -0.3 is 24.6 Å². The van der Waals surface area contributed by atoms with Gasteiger partial charge in [-0.05, 0) is 31.3 Å². The van der Waals surface area contributed by atoms with Crippen molar-refractivity contribution in [3.63, 3.8) is 0 Å². The number of phosphoric ester groups is 1. The zero-order valence-corrected chi connectivity index (χ0v) is 15.3. The van der Waals surface area contributed by atoms with Crippen LogP contribution in [0.2, 0.25) is 0 Å². The molecule has 0 spiro atoms. The maximum absolute atomic E-state index is 10.9. The molecule has 0 aliphatic rings. The van der Waals surface area contributed by atoms with Crippen molar-refractivity contribution in [1.29, 1.82) is 0 Å². The lowest BCUT2D eigenvalue weighted by Crippen LogP contribution is -2.31. The second kappa shape index (κ2) is 8.88. The Morgan fingerprint density at radius 1 is 1.54 bits per heavy atom. The zero-order valence-electron chi connectivity index (χ0n) is 13.6. The van der Waals surface area contributed by atoms with E-state index >= 15 is 0 Å². The van der Waals surface area contributed by atoms with E-state index in [0.29, 0.717) is 18.0 Å². The molecule has 0 bridgehead atoms. The summed E-state index contributed by atoms with van der Waals surface area (Å²) in [5, 5.41) is 17.1. The summed E-state index contributed by atoms with van der Waals surface area (Å²) < 4.78 is 20.4. The average Bonchev–Trinajstić information content (AvgIpc) is 3.08. The van der Waals surface area contributed by atoms with E-state index in [4.69, 9.17) is 26.4 Å². The summed E-state index contributed by atoms with van der Waals surface area (Å²) >= 11 is 5.05. The number of hydrogen-bond donors (Lipinski definition) is 5. The first-order valence-corrected chi connectivity index (χ1v) is 9.17. The molecule has 0 radical (unpaired) electrons. The minimum Gasteiger partial charge on any atom is -0.505 e. The Balaban J connectivity index is 2.01. The molecule has 2 aromatic heterocycles. The highest BCUT2D eigenvalue weighted by atomic mass is 32.1. The van der Waals surface area contributed by atoms with Gasteiger partial charge in [-0.2, -0.15) is 5.10 Å². The van der Waals surface area contributed by atoms with Crippen LogP contribution in [0, 0.1) is 6.92 Å². The molecular formula is C14H17N4O6PS. The lowest BCUT2D eigenvalue weighted by molar-refractivity contribution is 0.188. The maximum atomic E-state index is 10.9. The van der Waals surface area contributed by atoms with Crippen molar-refractivity contribution in [2.45, 2.75) is 20.1 Å². The highest BCUT2D eigenvalue weighted by Crippen LogP contribution is 2.37. The monoisotopic (exact) mass is 400 g/mol. The van der Waals surface area contributed by atoms with E-state index in [1.165, 1.54) is 12.4 Å². The Labute approximate surface area is 154 Å². The van der Waals surface area contributed by atoms with Crippen LogP contribution in [0.15, 0.2) is 34.1 Å². The molecule has 0 amide bonds. The summed E-state index contributed by atoms with van der Waals surface area (Å²) in [6.07, 6.45) is 4.13. The molecule has 5 N–H and O–H groups in total. The number of hydrazone groups is 1. The van der Waals surface area contributed by atoms with Gasteiger partial charge in [0.25, 0.3) is 0 Å². The number of pyridine rings is 1. The number of rotatable bonds is 7. The van der Waals surface area contributed by atoms with Crippen LogP contribution in [0.4, 0.5) is 0 Å². The predicted octanol–water partition coefficient (Wildman–Crippen LogP) is 1.30. The quantitative estimate of drug-likeness (QED) is 0.199. The Morgan fingerprint density at radius 2 is 2.31 bits per heavy atom. The summed E-state index contributed by atoms with van der Waals surface area (Å²) in [4.78, 5) is 21.5. The van der Waals surface area contributed by atoms with E-state index in [9.17, 15) is 9.67 Å². The van der Waals surface area contributed by atoms with Gasteiger partial charge in [0.05, 0.1) is 31.3 Å². The minimum atomic E-state index is -4.66. The smallest absolute Gasteiger partial charge is 0.469 e. The van der Waals surface area contributed by atoms with Crippen LogP contribution in [0.25, 0.3) is 0 Å². The van der Waals surface area contributed by atoms with Gasteiger partial charge in [0, 0.05) is 17.3 Å². The third-order valence-corrected chi connectivity index (χ3v) is 3.81. The molecule has 0 fully saturated rings. The zero-order chi connectivity index (χ0) is 19.2. The van der Waals surface area contributed by atoms with E-state index in [1.54, 1.807) is 25.3 Å². The number of aromatic nitrogens is 1. The van der Waals surface area contributed by atoms with Crippen LogP contribution in [0.1, 0.15) is 22.6 Å². The standard InChI is InChI=1S/C14H17N4O6PS/c1-9-13(19)12(10(5-15-9)8-24-25(20,21)22)7-17-18-14(26)16-6-11-3-2-4-23-11/h2-5,7,19H,6,8H2,1H3,(H2,16,18,26)(H2,20,21,22). The molecule has 0 atom stereocenters. The molecule has 26 heavy (non-hydrogen) atoms. The third kappa shape index (κ3) is 6.21. The van der Waals surface area contributed by atoms with Crippen LogP contribution in [-0.2, 0) is 22.2 Å². The molecule has 0 aliphatic heterocycles. The number of thiocarbonyl (C=S) groups is 1. The number of nitrogens with one attached hydrogen (secondary N) is 2. The van der Waals surface area contributed by atoms with Crippen molar-refractivity contribution < 1.29 is 28.4 Å². The summed E-state index contributed by atoms with van der Waals surface area (Å²) in [5.41, 5.74) is 3.33. The maximum Gasteiger partial charge on any atom is 0.469 e. The van der Waals surface area contributed by atoms with Crippen LogP contribution >= 0.6 is 20.0 Å². The molecule has 2 heterocycles. The van der Waals surface area contributed by atoms with Crippen molar-refractivity contribution in [2.75, 3.05) is 0 Å². The molecular weight excluding hydrogens is 383 g/mol. The number of phosphoric acid groups is 1. The van der Waals surface area contributed by atoms with E-state index in [-0.39, 0.29) is 22.0 Å². The highest BCUT2D eigenvalue weighted by molar-refractivity contribution is 7.80. The Hall–Kier alpha value is -2.30. The molecule has 0 aromatic carbocycles. The fraction of sp³-hybridized carbons (Fsp3) is 0.214. The number of hydrogen-bond acceptors (Lipinski definition) is 7. The van der Waals surface area contributed by atoms with Crippen molar-refractivity contribution in [1.82, 2.24) is 15.7 Å². The summed E-state index contributed by atoms with van der Waals surface area (Å²) in [7, 11) is -4.66. The van der Waals surface area contributed by atoms with Gasteiger partial charge >= 0.3 is 7.82 Å². The number of nitrogens with zero attached hydrogens (tertiary/aromatic N) is 2. The molecule has 0 unspecified atom stereocenters. The molecule has 2 rings (SSSR count). The first kappa shape index (κ1) is 20.0. The van der Waals surface area contributed by atoms with E-state index in [0.717, 1.165) is 0 Å². The van der Waals surface area contributed by atoms with Crippen LogP contribution in [-0.4, -0.2) is 31.2 Å². The van der Waals surface area contributed by atoms with Crippen molar-refractivity contribution in [2.24, 2.45) is 5.10 Å². The van der Waals surface area contributed by atoms with Crippen LogP contribution in [0.5, 0.6) is 5.75 Å². The lowest BCUT2D eigenvalue weighted by atomic mass is 10.1. The largest absolute Gasteiger partial charge is 0.505 e. The fourth-order valence-electron chi connectivity index (χ4n) is 1.84. The second-order valence-electron chi connectivity index (χ2n) is 5.03. The third-order valence-electron chi connectivity index (χ3n) is 3.11. The topological polar surface area (TPSA) is 149 Å². The molecule has 140 valence electrons. The van der Waals surface area contributed by atoms with E-state index in [1.807, 2.05) is 0 Å². The first-order chi connectivity index (χ1) is 12.3. The first-order valence-electron chi connectivity index (χ1n) is 7.23. The van der Waals surface area contributed by atoms with Gasteiger partial charge in [-0.3, -0.25) is 14.9 Å². The number of aryl methyl sites for hydroxylation is 1. The minimum absolute atomic E-state index is 0.183. The number of aromatic hydroxyl groups is 1. The summed E-state index contributed by atoms with van der Waals surface area (Å²) in [6.45, 7) is 1.49. The normalized spacial score (nSPS) is 11.7. The SMILES string of the molecule is Cc1ncc(COP(=O)(O)O)c(C=NNC(=S)NCc2ccco2)c1O. The van der Waals surface area contributed by atoms with Gasteiger partial charge in [-0.1, -0.05) is 0 Å². The van der Waals surface area contributed by atoms with Gasteiger partial charge in [0.1, 0.15) is 11.5 Å². The van der Waals surface area contributed by atoms with Gasteiger partial charge in [-0.15, -0.1) is 0 Å². The second-order valence-corrected chi connectivity index (χ2v) is 6.67. The fourth-order valence-corrected chi connectivity index (χ4v) is 2.27. The van der Waals surface area contributed by atoms with Gasteiger partial charge in [0.15, 0.2) is 5.11 Å². The van der Waals surface area contributed by atoms with Gasteiger partial charge in [-0.25, -0.2) is 4.57 Å². The molecule has 10 nitrogen and oxygen atoms in total. The average molecular weight is 400 g/mol. The van der Waals surface area contributed by atoms with Gasteiger partial charge in [0.2, 0.25) is 0 Å². The number of furan rings is 1. The molecule has 0 saturated heterocycles. The van der Waals surface area contributed by atoms with E-state index in [2.05, 4.69) is 25.4 Å². The van der Waals surface area contributed by atoms with Crippen molar-refractivity contribution in [3.05, 3.63) is 47.2 Å². The van der Waals surface area contributed by atoms with Crippen LogP contribution < -0.4 is 10.7 Å². The lowest BCUT2D eigenvalue weighted by Gasteiger charge is -2.11. The highest BCUT2D eigenvalue weighted by Gasteiger charge is 2.17. The Bertz CT molecular complexity index is 836. The van der Waals surface area contributed by atoms with Crippen molar-refractivity contribution >= 4 is 31.4 Å². The molecule has 0 aliphatic carbocycles. The summed E-state index contributed by atoms with van der Waals surface area (Å²) in [6, 6.07) is 3.53.